The van der Waals surface area contributed by atoms with Crippen LogP contribution in [0.4, 0.5) is 0 Å². The third kappa shape index (κ3) is 17.0. The predicted molar refractivity (Wildman–Crippen MR) is 92.1 cm³/mol. The molecule has 0 aliphatic rings. The zero-order chi connectivity index (χ0) is 16.0. The summed E-state index contributed by atoms with van der Waals surface area (Å²) in [4.78, 5) is 11.6. The SMILES string of the molecule is CCCCCCCCCCCC(=O)NCC#CC(C)(C)C. The third-order valence-electron chi connectivity index (χ3n) is 3.34. The molecule has 0 aliphatic heterocycles. The van der Waals surface area contributed by atoms with Crippen LogP contribution in [-0.2, 0) is 4.79 Å². The minimum Gasteiger partial charge on any atom is -0.345 e. The smallest absolute Gasteiger partial charge is 0.220 e. The first-order valence-corrected chi connectivity index (χ1v) is 8.72. The Kier molecular flexibility index (Phi) is 12.2. The average molecular weight is 293 g/mol. The zero-order valence-electron chi connectivity index (χ0n) is 14.7. The standard InChI is InChI=1S/C19H35NO/c1-5-6-7-8-9-10-11-12-13-15-18(21)20-17-14-16-19(2,3)4/h5-13,15,17H2,1-4H3,(H,20,21). The number of nitrogens with one attached hydrogen (secondary N) is 1. The van der Waals surface area contributed by atoms with Crippen LogP contribution in [0.1, 0.15) is 91.9 Å². The molecule has 122 valence electrons. The lowest BCUT2D eigenvalue weighted by Gasteiger charge is -2.07. The van der Waals surface area contributed by atoms with E-state index in [0.29, 0.717) is 13.0 Å². The second-order valence-electron chi connectivity index (χ2n) is 6.91. The Morgan fingerprint density at radius 3 is 1.95 bits per heavy atom. The van der Waals surface area contributed by atoms with Crippen molar-refractivity contribution in [2.45, 2.75) is 91.9 Å². The molecule has 21 heavy (non-hydrogen) atoms. The van der Waals surface area contributed by atoms with E-state index in [4.69, 9.17) is 0 Å². The van der Waals surface area contributed by atoms with Crippen molar-refractivity contribution in [3.63, 3.8) is 0 Å². The first kappa shape index (κ1) is 20.0. The summed E-state index contributed by atoms with van der Waals surface area (Å²) in [7, 11) is 0. The van der Waals surface area contributed by atoms with Gasteiger partial charge in [-0.3, -0.25) is 4.79 Å². The molecule has 0 fully saturated rings. The maximum absolute atomic E-state index is 11.6. The van der Waals surface area contributed by atoms with Crippen LogP contribution in [-0.4, -0.2) is 12.5 Å². The van der Waals surface area contributed by atoms with Crippen molar-refractivity contribution in [3.8, 4) is 11.8 Å². The van der Waals surface area contributed by atoms with Crippen LogP contribution in [0.5, 0.6) is 0 Å². The van der Waals surface area contributed by atoms with Crippen molar-refractivity contribution >= 4 is 5.91 Å². The molecule has 0 unspecified atom stereocenters. The number of carbonyl (C=O) groups excluding carboxylic acids is 1. The minimum absolute atomic E-state index is 0.0157. The molecule has 0 atom stereocenters. The molecular weight excluding hydrogens is 258 g/mol. The molecule has 0 heterocycles. The van der Waals surface area contributed by atoms with E-state index in [0.717, 1.165) is 6.42 Å². The Morgan fingerprint density at radius 1 is 0.905 bits per heavy atom. The van der Waals surface area contributed by atoms with Crippen LogP contribution in [0, 0.1) is 17.3 Å². The Labute approximate surface area is 132 Å². The molecule has 0 rings (SSSR count). The molecule has 0 aromatic heterocycles. The summed E-state index contributed by atoms with van der Waals surface area (Å²) < 4.78 is 0. The molecule has 0 aromatic rings. The molecule has 2 heteroatoms. The van der Waals surface area contributed by atoms with Gasteiger partial charge in [-0.05, 0) is 27.2 Å². The summed E-state index contributed by atoms with van der Waals surface area (Å²) in [6, 6.07) is 0. The van der Waals surface area contributed by atoms with Crippen LogP contribution >= 0.6 is 0 Å². The van der Waals surface area contributed by atoms with Crippen molar-refractivity contribution in [2.75, 3.05) is 6.54 Å². The Bertz CT molecular complexity index is 317. The van der Waals surface area contributed by atoms with E-state index in [1.54, 1.807) is 0 Å². The van der Waals surface area contributed by atoms with Crippen LogP contribution < -0.4 is 5.32 Å². The fourth-order valence-electron chi connectivity index (χ4n) is 2.14. The van der Waals surface area contributed by atoms with Gasteiger partial charge in [0, 0.05) is 11.8 Å². The maximum Gasteiger partial charge on any atom is 0.220 e. The van der Waals surface area contributed by atoms with Crippen LogP contribution in [0.15, 0.2) is 0 Å². The number of hydrogen-bond donors (Lipinski definition) is 1. The number of unbranched alkanes of at least 4 members (excludes halogenated alkanes) is 8. The quantitative estimate of drug-likeness (QED) is 0.418. The highest BCUT2D eigenvalue weighted by atomic mass is 16.1. The van der Waals surface area contributed by atoms with E-state index in [1.807, 2.05) is 0 Å². The first-order chi connectivity index (χ1) is 9.95. The molecule has 2 nitrogen and oxygen atoms in total. The van der Waals surface area contributed by atoms with Gasteiger partial charge in [-0.25, -0.2) is 0 Å². The molecule has 0 spiro atoms. The Hall–Kier alpha value is -0.970. The van der Waals surface area contributed by atoms with E-state index in [-0.39, 0.29) is 11.3 Å². The van der Waals surface area contributed by atoms with Crippen molar-refractivity contribution in [2.24, 2.45) is 5.41 Å². The second-order valence-corrected chi connectivity index (χ2v) is 6.91. The predicted octanol–water partition coefficient (Wildman–Crippen LogP) is 5.07. The number of amides is 1. The minimum atomic E-state index is 0.0157. The van der Waals surface area contributed by atoms with Gasteiger partial charge in [0.05, 0.1) is 6.54 Å². The summed E-state index contributed by atoms with van der Waals surface area (Å²) in [5.41, 5.74) is 0.0157. The second kappa shape index (κ2) is 12.7. The van der Waals surface area contributed by atoms with Gasteiger partial charge >= 0.3 is 0 Å². The van der Waals surface area contributed by atoms with Crippen molar-refractivity contribution in [1.29, 1.82) is 0 Å². The number of rotatable bonds is 11. The van der Waals surface area contributed by atoms with Gasteiger partial charge in [0.1, 0.15) is 0 Å². The highest BCUT2D eigenvalue weighted by Crippen LogP contribution is 2.10. The summed E-state index contributed by atoms with van der Waals surface area (Å²) in [5, 5.41) is 2.87. The lowest BCUT2D eigenvalue weighted by Crippen LogP contribution is -2.23. The molecule has 1 amide bonds. The normalized spacial score (nSPS) is 10.9. The van der Waals surface area contributed by atoms with Crippen molar-refractivity contribution < 1.29 is 4.79 Å². The molecular formula is C19H35NO. The Balaban J connectivity index is 3.36. The highest BCUT2D eigenvalue weighted by Gasteiger charge is 2.03. The van der Waals surface area contributed by atoms with E-state index >= 15 is 0 Å². The van der Waals surface area contributed by atoms with Gasteiger partial charge in [0.15, 0.2) is 0 Å². The van der Waals surface area contributed by atoms with Crippen LogP contribution in [0.25, 0.3) is 0 Å². The molecule has 0 aliphatic carbocycles. The fraction of sp³-hybridized carbons (Fsp3) is 0.842. The average Bonchev–Trinajstić information content (AvgIpc) is 2.41. The monoisotopic (exact) mass is 293 g/mol. The number of carbonyl (C=O) groups is 1. The zero-order valence-corrected chi connectivity index (χ0v) is 14.7. The molecule has 0 saturated heterocycles. The summed E-state index contributed by atoms with van der Waals surface area (Å²) in [5.74, 6) is 6.27. The molecule has 0 radical (unpaired) electrons. The van der Waals surface area contributed by atoms with Gasteiger partial charge in [-0.2, -0.15) is 0 Å². The maximum atomic E-state index is 11.6. The third-order valence-corrected chi connectivity index (χ3v) is 3.34. The van der Waals surface area contributed by atoms with Gasteiger partial charge in [-0.15, -0.1) is 0 Å². The van der Waals surface area contributed by atoms with Crippen LogP contribution in [0.2, 0.25) is 0 Å². The van der Waals surface area contributed by atoms with Gasteiger partial charge in [-0.1, -0.05) is 70.1 Å². The lowest BCUT2D eigenvalue weighted by atomic mass is 9.98. The largest absolute Gasteiger partial charge is 0.345 e. The van der Waals surface area contributed by atoms with Gasteiger partial charge < -0.3 is 5.32 Å². The van der Waals surface area contributed by atoms with E-state index in [2.05, 4.69) is 44.9 Å². The van der Waals surface area contributed by atoms with E-state index in [9.17, 15) is 4.79 Å². The number of hydrogen-bond acceptors (Lipinski definition) is 1. The fourth-order valence-corrected chi connectivity index (χ4v) is 2.14. The Morgan fingerprint density at radius 2 is 1.43 bits per heavy atom. The topological polar surface area (TPSA) is 29.1 Å². The van der Waals surface area contributed by atoms with Gasteiger partial charge in [0.2, 0.25) is 5.91 Å². The van der Waals surface area contributed by atoms with Gasteiger partial charge in [0.25, 0.3) is 0 Å². The molecule has 0 bridgehead atoms. The first-order valence-electron chi connectivity index (χ1n) is 8.72. The summed E-state index contributed by atoms with van der Waals surface area (Å²) in [6.07, 6.45) is 12.2. The molecule has 1 N–H and O–H groups in total. The van der Waals surface area contributed by atoms with Crippen molar-refractivity contribution in [3.05, 3.63) is 0 Å². The summed E-state index contributed by atoms with van der Waals surface area (Å²) in [6.45, 7) is 8.95. The van der Waals surface area contributed by atoms with Crippen LogP contribution in [0.3, 0.4) is 0 Å². The molecule has 0 aromatic carbocycles. The summed E-state index contributed by atoms with van der Waals surface area (Å²) >= 11 is 0. The lowest BCUT2D eigenvalue weighted by molar-refractivity contribution is -0.120. The highest BCUT2D eigenvalue weighted by molar-refractivity contribution is 5.76. The van der Waals surface area contributed by atoms with E-state index < -0.39 is 0 Å². The van der Waals surface area contributed by atoms with E-state index in [1.165, 1.54) is 51.4 Å². The van der Waals surface area contributed by atoms with Crippen molar-refractivity contribution in [1.82, 2.24) is 5.32 Å². The molecule has 0 saturated carbocycles.